The minimum Gasteiger partial charge on any atom is -0.311 e. The molecule has 0 saturated heterocycles. The smallest absolute Gasteiger partial charge is 0.0541 e. The number of aryl methyl sites for hydroxylation is 1. The van der Waals surface area contributed by atoms with Gasteiger partial charge in [0.2, 0.25) is 0 Å². The quantitative estimate of drug-likeness (QED) is 0.918. The Morgan fingerprint density at radius 1 is 1.15 bits per heavy atom. The number of hydrogen-bond acceptors (Lipinski definition) is 2. The fourth-order valence-corrected chi connectivity index (χ4v) is 3.88. The first-order valence-corrected chi connectivity index (χ1v) is 7.57. The van der Waals surface area contributed by atoms with E-state index < -0.39 is 0 Å². The van der Waals surface area contributed by atoms with E-state index in [9.17, 15) is 0 Å². The van der Waals surface area contributed by atoms with E-state index in [1.807, 2.05) is 12.3 Å². The number of hydrogen-bond donors (Lipinski definition) is 1. The fraction of sp³-hybridized carbons (Fsp3) is 0.389. The number of pyridine rings is 1. The molecule has 0 amide bonds. The molecule has 102 valence electrons. The predicted molar refractivity (Wildman–Crippen MR) is 80.5 cm³/mol. The third kappa shape index (κ3) is 1.95. The maximum atomic E-state index is 4.36. The molecule has 2 aromatic rings. The van der Waals surface area contributed by atoms with E-state index in [1.165, 1.54) is 19.3 Å². The van der Waals surface area contributed by atoms with Crippen LogP contribution in [0.5, 0.6) is 0 Å². The third-order valence-corrected chi connectivity index (χ3v) is 5.05. The summed E-state index contributed by atoms with van der Waals surface area (Å²) in [6.45, 7) is 2.00. The highest BCUT2D eigenvalue weighted by molar-refractivity contribution is 5.45. The second-order valence-corrected chi connectivity index (χ2v) is 6.17. The third-order valence-electron chi connectivity index (χ3n) is 5.05. The van der Waals surface area contributed by atoms with Gasteiger partial charge in [-0.3, -0.25) is 4.98 Å². The molecule has 1 aromatic heterocycles. The molecule has 0 unspecified atom stereocenters. The minimum atomic E-state index is 0.508. The van der Waals surface area contributed by atoms with Gasteiger partial charge < -0.3 is 5.32 Å². The van der Waals surface area contributed by atoms with Crippen molar-refractivity contribution in [3.63, 3.8) is 0 Å². The van der Waals surface area contributed by atoms with E-state index in [4.69, 9.17) is 0 Å². The molecule has 1 aromatic carbocycles. The van der Waals surface area contributed by atoms with Crippen molar-refractivity contribution < 1.29 is 0 Å². The van der Waals surface area contributed by atoms with Crippen LogP contribution in [0.25, 0.3) is 0 Å². The molecule has 1 heterocycles. The van der Waals surface area contributed by atoms with Gasteiger partial charge in [-0.05, 0) is 55.0 Å². The second-order valence-electron chi connectivity index (χ2n) is 6.17. The molecule has 2 nitrogen and oxygen atoms in total. The number of nitrogens with one attached hydrogen (secondary N) is 1. The molecule has 0 aliphatic heterocycles. The van der Waals surface area contributed by atoms with Gasteiger partial charge in [0.05, 0.1) is 5.69 Å². The van der Waals surface area contributed by atoms with Crippen LogP contribution in [0.3, 0.4) is 0 Å². The van der Waals surface area contributed by atoms with Crippen molar-refractivity contribution in [1.82, 2.24) is 10.3 Å². The summed E-state index contributed by atoms with van der Waals surface area (Å²) in [5.74, 6) is 0.815. The highest BCUT2D eigenvalue weighted by Crippen LogP contribution is 2.61. The monoisotopic (exact) mass is 264 g/mol. The van der Waals surface area contributed by atoms with E-state index in [2.05, 4.69) is 46.7 Å². The lowest BCUT2D eigenvalue weighted by Crippen LogP contribution is -2.20. The molecule has 1 fully saturated rings. The number of benzene rings is 1. The molecule has 1 N–H and O–H groups in total. The van der Waals surface area contributed by atoms with Gasteiger partial charge in [-0.25, -0.2) is 0 Å². The van der Waals surface area contributed by atoms with Gasteiger partial charge in [0.1, 0.15) is 0 Å². The standard InChI is InChI=1S/C18H20N2/c1-2-7-17-14(5-1)8-9-18(17)11-15(18)12-19-13-16-6-3-4-10-20-16/h1-7,10,15,19H,8-9,11-13H2/t15-,18+/m0/s1. The summed E-state index contributed by atoms with van der Waals surface area (Å²) in [4.78, 5) is 4.36. The molecule has 20 heavy (non-hydrogen) atoms. The summed E-state index contributed by atoms with van der Waals surface area (Å²) in [6, 6.07) is 15.1. The van der Waals surface area contributed by atoms with Crippen LogP contribution >= 0.6 is 0 Å². The first-order valence-electron chi connectivity index (χ1n) is 7.57. The molecular weight excluding hydrogens is 244 g/mol. The van der Waals surface area contributed by atoms with Crippen LogP contribution in [0.15, 0.2) is 48.7 Å². The summed E-state index contributed by atoms with van der Waals surface area (Å²) < 4.78 is 0. The van der Waals surface area contributed by atoms with Crippen LogP contribution in [0.1, 0.15) is 29.7 Å². The Balaban J connectivity index is 1.37. The van der Waals surface area contributed by atoms with E-state index in [-0.39, 0.29) is 0 Å². The van der Waals surface area contributed by atoms with Gasteiger partial charge in [-0.2, -0.15) is 0 Å². The molecule has 0 bridgehead atoms. The number of aromatic nitrogens is 1. The normalized spacial score (nSPS) is 26.7. The average molecular weight is 264 g/mol. The molecule has 1 spiro atoms. The van der Waals surface area contributed by atoms with E-state index in [0.717, 1.165) is 24.7 Å². The van der Waals surface area contributed by atoms with Crippen molar-refractivity contribution in [3.8, 4) is 0 Å². The van der Waals surface area contributed by atoms with Gasteiger partial charge in [0, 0.05) is 18.2 Å². The Morgan fingerprint density at radius 3 is 2.95 bits per heavy atom. The molecular formula is C18H20N2. The highest BCUT2D eigenvalue weighted by Gasteiger charge is 2.57. The highest BCUT2D eigenvalue weighted by atomic mass is 14.9. The van der Waals surface area contributed by atoms with Crippen LogP contribution in [-0.4, -0.2) is 11.5 Å². The molecule has 2 atom stereocenters. The van der Waals surface area contributed by atoms with E-state index >= 15 is 0 Å². The fourth-order valence-electron chi connectivity index (χ4n) is 3.88. The second kappa shape index (κ2) is 4.71. The number of rotatable bonds is 4. The summed E-state index contributed by atoms with van der Waals surface area (Å²) >= 11 is 0. The number of fused-ring (bicyclic) bond motifs is 2. The van der Waals surface area contributed by atoms with Gasteiger partial charge in [-0.1, -0.05) is 30.3 Å². The predicted octanol–water partition coefficient (Wildman–Crippen LogP) is 3.08. The van der Waals surface area contributed by atoms with Crippen LogP contribution < -0.4 is 5.32 Å². The minimum absolute atomic E-state index is 0.508. The van der Waals surface area contributed by atoms with Crippen LogP contribution in [0.2, 0.25) is 0 Å². The molecule has 2 heteroatoms. The molecule has 4 rings (SSSR count). The molecule has 1 saturated carbocycles. The van der Waals surface area contributed by atoms with Crippen molar-refractivity contribution in [1.29, 1.82) is 0 Å². The Kier molecular flexibility index (Phi) is 2.85. The van der Waals surface area contributed by atoms with Crippen LogP contribution in [0.4, 0.5) is 0 Å². The summed E-state index contributed by atoms with van der Waals surface area (Å²) in [5.41, 5.74) is 4.85. The number of nitrogens with zero attached hydrogens (tertiary/aromatic N) is 1. The molecule has 0 radical (unpaired) electrons. The summed E-state index contributed by atoms with van der Waals surface area (Å²) in [7, 11) is 0. The van der Waals surface area contributed by atoms with Crippen molar-refractivity contribution in [2.75, 3.05) is 6.54 Å². The summed E-state index contributed by atoms with van der Waals surface area (Å²) in [5, 5.41) is 3.58. The van der Waals surface area contributed by atoms with Crippen molar-refractivity contribution >= 4 is 0 Å². The van der Waals surface area contributed by atoms with Crippen molar-refractivity contribution in [3.05, 3.63) is 65.5 Å². The van der Waals surface area contributed by atoms with Crippen molar-refractivity contribution in [2.45, 2.75) is 31.2 Å². The van der Waals surface area contributed by atoms with E-state index in [1.54, 1.807) is 11.1 Å². The van der Waals surface area contributed by atoms with Crippen LogP contribution in [0, 0.1) is 5.92 Å². The zero-order valence-electron chi connectivity index (χ0n) is 11.7. The average Bonchev–Trinajstić information content (AvgIpc) is 3.08. The Bertz CT molecular complexity index is 608. The lowest BCUT2D eigenvalue weighted by atomic mass is 9.95. The maximum Gasteiger partial charge on any atom is 0.0541 e. The van der Waals surface area contributed by atoms with Gasteiger partial charge >= 0.3 is 0 Å². The lowest BCUT2D eigenvalue weighted by molar-refractivity contribution is 0.545. The lowest BCUT2D eigenvalue weighted by Gasteiger charge is -2.12. The maximum absolute atomic E-state index is 4.36. The Labute approximate surface area is 120 Å². The van der Waals surface area contributed by atoms with Gasteiger partial charge in [0.25, 0.3) is 0 Å². The SMILES string of the molecule is c1ccc(CNC[C@@H]2C[C@]23CCc2ccccc23)nc1. The first kappa shape index (κ1) is 12.1. The molecule has 2 aliphatic carbocycles. The Hall–Kier alpha value is -1.67. The van der Waals surface area contributed by atoms with Gasteiger partial charge in [-0.15, -0.1) is 0 Å². The van der Waals surface area contributed by atoms with Gasteiger partial charge in [0.15, 0.2) is 0 Å². The topological polar surface area (TPSA) is 24.9 Å². The van der Waals surface area contributed by atoms with Crippen molar-refractivity contribution in [2.24, 2.45) is 5.92 Å². The van der Waals surface area contributed by atoms with E-state index in [0.29, 0.717) is 5.41 Å². The van der Waals surface area contributed by atoms with Crippen LogP contribution in [-0.2, 0) is 18.4 Å². The summed E-state index contributed by atoms with van der Waals surface area (Å²) in [6.07, 6.45) is 5.84. The zero-order valence-corrected chi connectivity index (χ0v) is 11.7. The first-order chi connectivity index (χ1) is 9.88. The zero-order chi connectivity index (χ0) is 13.4. The molecule has 2 aliphatic rings. The largest absolute Gasteiger partial charge is 0.311 e. The Morgan fingerprint density at radius 2 is 2.05 bits per heavy atom.